The van der Waals surface area contributed by atoms with Gasteiger partial charge in [-0.1, -0.05) is 41.9 Å². The van der Waals surface area contributed by atoms with Crippen molar-refractivity contribution in [1.29, 1.82) is 0 Å². The lowest BCUT2D eigenvalue weighted by Crippen LogP contribution is -2.37. The van der Waals surface area contributed by atoms with Gasteiger partial charge in [0.1, 0.15) is 35.5 Å². The van der Waals surface area contributed by atoms with Crippen LogP contribution in [0.2, 0.25) is 5.02 Å². The summed E-state index contributed by atoms with van der Waals surface area (Å²) in [5.74, 6) is 1.75. The van der Waals surface area contributed by atoms with Crippen LogP contribution >= 0.6 is 11.6 Å². The number of sulfonamides is 1. The van der Waals surface area contributed by atoms with Crippen LogP contribution in [-0.4, -0.2) is 56.7 Å². The molecule has 0 saturated carbocycles. The Balaban J connectivity index is 1.32. The molecule has 220 valence electrons. The molecule has 1 saturated heterocycles. The molecule has 42 heavy (non-hydrogen) atoms. The molecule has 0 spiro atoms. The predicted octanol–water partition coefficient (Wildman–Crippen LogP) is 5.59. The lowest BCUT2D eigenvalue weighted by molar-refractivity contribution is 0.0968. The zero-order valence-corrected chi connectivity index (χ0v) is 25.1. The van der Waals surface area contributed by atoms with E-state index in [4.69, 9.17) is 25.8 Å². The lowest BCUT2D eigenvalue weighted by Gasteiger charge is -2.32. The van der Waals surface area contributed by atoms with Crippen molar-refractivity contribution in [3.8, 4) is 17.2 Å². The van der Waals surface area contributed by atoms with E-state index >= 15 is 0 Å². The summed E-state index contributed by atoms with van der Waals surface area (Å²) < 4.78 is 46.2. The third-order valence-corrected chi connectivity index (χ3v) is 9.24. The van der Waals surface area contributed by atoms with Crippen molar-refractivity contribution in [3.05, 3.63) is 101 Å². The number of hydrogen-bond acceptors (Lipinski definition) is 8. The minimum Gasteiger partial charge on any atom is -0.497 e. The van der Waals surface area contributed by atoms with Crippen LogP contribution in [0.3, 0.4) is 0 Å². The molecule has 9 nitrogen and oxygen atoms in total. The molecule has 0 N–H and O–H groups in total. The molecule has 0 aliphatic carbocycles. The van der Waals surface area contributed by atoms with E-state index in [1.807, 2.05) is 6.07 Å². The molecule has 1 aliphatic heterocycles. The van der Waals surface area contributed by atoms with Gasteiger partial charge in [-0.3, -0.25) is 4.90 Å². The Labute approximate surface area is 251 Å². The van der Waals surface area contributed by atoms with E-state index in [0.717, 1.165) is 32.5 Å². The molecule has 0 atom stereocenters. The van der Waals surface area contributed by atoms with Gasteiger partial charge in [0.15, 0.2) is 0 Å². The Bertz CT molecular complexity index is 1580. The average Bonchev–Trinajstić information content (AvgIpc) is 3.02. The van der Waals surface area contributed by atoms with Gasteiger partial charge in [0.25, 0.3) is 10.0 Å². The molecular weight excluding hydrogens is 576 g/mol. The third kappa shape index (κ3) is 6.95. The second kappa shape index (κ2) is 13.4. The number of rotatable bonds is 11. The third-order valence-electron chi connectivity index (χ3n) is 7.20. The van der Waals surface area contributed by atoms with Crippen LogP contribution in [0.15, 0.2) is 90.2 Å². The highest BCUT2D eigenvalue weighted by molar-refractivity contribution is 7.92. The fourth-order valence-corrected chi connectivity index (χ4v) is 6.64. The highest BCUT2D eigenvalue weighted by Crippen LogP contribution is 2.34. The molecule has 1 fully saturated rings. The highest BCUT2D eigenvalue weighted by atomic mass is 35.5. The Hall–Kier alpha value is -3.86. The van der Waals surface area contributed by atoms with Crippen LogP contribution in [0.5, 0.6) is 17.2 Å². The number of hydrogen-bond donors (Lipinski definition) is 0. The molecule has 0 bridgehead atoms. The summed E-state index contributed by atoms with van der Waals surface area (Å²) in [4.78, 5) is 10.6. The number of halogens is 1. The van der Waals surface area contributed by atoms with Gasteiger partial charge in [-0.15, -0.1) is 0 Å². The molecule has 5 rings (SSSR count). The number of ether oxygens (including phenoxy) is 3. The standard InChI is InChI=1S/C31H33ClN4O5S/c1-39-26-9-8-24(30(18-26)40-2)21-36(31-12-15-33-22-34-31)42(37,38)27-10-11-29(28(32)19-27)41-25-13-16-35(17-14-25)20-23-6-4-3-5-7-23/h3-12,15,18-19,22,25H,13-14,16-17,20-21H2,1-2H3. The number of piperidine rings is 1. The van der Waals surface area contributed by atoms with Crippen molar-refractivity contribution in [2.24, 2.45) is 0 Å². The second-order valence-corrected chi connectivity index (χ2v) is 12.2. The Kier molecular flexibility index (Phi) is 9.46. The summed E-state index contributed by atoms with van der Waals surface area (Å²) in [6, 6.07) is 21.7. The van der Waals surface area contributed by atoms with Crippen LogP contribution in [0.25, 0.3) is 0 Å². The molecular formula is C31H33ClN4O5S. The Morgan fingerprint density at radius 2 is 1.74 bits per heavy atom. The van der Waals surface area contributed by atoms with Crippen LogP contribution < -0.4 is 18.5 Å². The van der Waals surface area contributed by atoms with Crippen LogP contribution in [0.4, 0.5) is 5.82 Å². The zero-order valence-electron chi connectivity index (χ0n) is 23.5. The maximum absolute atomic E-state index is 14.0. The summed E-state index contributed by atoms with van der Waals surface area (Å²) in [7, 11) is -1.02. The molecule has 0 unspecified atom stereocenters. The maximum atomic E-state index is 14.0. The first-order valence-electron chi connectivity index (χ1n) is 13.6. The Morgan fingerprint density at radius 3 is 2.40 bits per heavy atom. The van der Waals surface area contributed by atoms with Crippen LogP contribution in [-0.2, 0) is 23.1 Å². The summed E-state index contributed by atoms with van der Waals surface area (Å²) in [6.07, 6.45) is 4.50. The number of aromatic nitrogens is 2. The molecule has 0 amide bonds. The monoisotopic (exact) mass is 608 g/mol. The minimum atomic E-state index is -4.09. The molecule has 1 aliphatic rings. The predicted molar refractivity (Wildman–Crippen MR) is 162 cm³/mol. The number of anilines is 1. The van der Waals surface area contributed by atoms with Crippen molar-refractivity contribution < 1.29 is 22.6 Å². The van der Waals surface area contributed by atoms with E-state index in [-0.39, 0.29) is 28.4 Å². The molecule has 1 aromatic heterocycles. The van der Waals surface area contributed by atoms with Crippen molar-refractivity contribution in [3.63, 3.8) is 0 Å². The van der Waals surface area contributed by atoms with E-state index in [9.17, 15) is 8.42 Å². The van der Waals surface area contributed by atoms with Crippen LogP contribution in [0.1, 0.15) is 24.0 Å². The van der Waals surface area contributed by atoms with Gasteiger partial charge in [0, 0.05) is 43.5 Å². The molecule has 2 heterocycles. The first-order chi connectivity index (χ1) is 20.4. The van der Waals surface area contributed by atoms with Gasteiger partial charge in [-0.25, -0.2) is 22.7 Å². The summed E-state index contributed by atoms with van der Waals surface area (Å²) in [5, 5.41) is 0.229. The van der Waals surface area contributed by atoms with Gasteiger partial charge in [-0.2, -0.15) is 0 Å². The minimum absolute atomic E-state index is 0.00275. The normalized spacial score (nSPS) is 14.4. The van der Waals surface area contributed by atoms with Crippen molar-refractivity contribution >= 4 is 27.4 Å². The fraction of sp³-hybridized carbons (Fsp3) is 0.290. The van der Waals surface area contributed by atoms with Gasteiger partial charge in [0.2, 0.25) is 0 Å². The van der Waals surface area contributed by atoms with E-state index in [2.05, 4.69) is 39.1 Å². The van der Waals surface area contributed by atoms with E-state index in [0.29, 0.717) is 22.8 Å². The van der Waals surface area contributed by atoms with Gasteiger partial charge in [-0.05, 0) is 48.7 Å². The smallest absolute Gasteiger partial charge is 0.265 e. The number of benzene rings is 3. The average molecular weight is 609 g/mol. The molecule has 4 aromatic rings. The Morgan fingerprint density at radius 1 is 0.952 bits per heavy atom. The number of methoxy groups -OCH3 is 2. The zero-order chi connectivity index (χ0) is 29.5. The second-order valence-electron chi connectivity index (χ2n) is 9.93. The summed E-state index contributed by atoms with van der Waals surface area (Å²) in [5.41, 5.74) is 1.92. The fourth-order valence-electron chi connectivity index (χ4n) is 4.93. The highest BCUT2D eigenvalue weighted by Gasteiger charge is 2.29. The van der Waals surface area contributed by atoms with Gasteiger partial charge < -0.3 is 14.2 Å². The molecule has 11 heteroatoms. The van der Waals surface area contributed by atoms with E-state index < -0.39 is 10.0 Å². The van der Waals surface area contributed by atoms with Crippen LogP contribution in [0, 0.1) is 0 Å². The number of likely N-dealkylation sites (tertiary alicyclic amines) is 1. The summed E-state index contributed by atoms with van der Waals surface area (Å²) in [6.45, 7) is 2.69. The lowest BCUT2D eigenvalue weighted by atomic mass is 10.1. The SMILES string of the molecule is COc1ccc(CN(c2ccncn2)S(=O)(=O)c2ccc(OC3CCN(Cc4ccccc4)CC3)c(Cl)c2)c(OC)c1. The summed E-state index contributed by atoms with van der Waals surface area (Å²) >= 11 is 6.60. The molecule has 0 radical (unpaired) electrons. The first kappa shape index (κ1) is 29.6. The van der Waals surface area contributed by atoms with E-state index in [1.165, 1.54) is 47.7 Å². The largest absolute Gasteiger partial charge is 0.497 e. The van der Waals surface area contributed by atoms with Crippen molar-refractivity contribution in [1.82, 2.24) is 14.9 Å². The first-order valence-corrected chi connectivity index (χ1v) is 15.4. The van der Waals surface area contributed by atoms with Gasteiger partial charge >= 0.3 is 0 Å². The quantitative estimate of drug-likeness (QED) is 0.218. The van der Waals surface area contributed by atoms with Crippen molar-refractivity contribution in [2.45, 2.75) is 36.9 Å². The van der Waals surface area contributed by atoms with E-state index in [1.54, 1.807) is 31.4 Å². The van der Waals surface area contributed by atoms with Crippen molar-refractivity contribution in [2.75, 3.05) is 31.6 Å². The molecule has 3 aromatic carbocycles. The topological polar surface area (TPSA) is 94.1 Å². The maximum Gasteiger partial charge on any atom is 0.265 e. The number of nitrogens with zero attached hydrogens (tertiary/aromatic N) is 4. The van der Waals surface area contributed by atoms with Gasteiger partial charge in [0.05, 0.1) is 30.7 Å².